The molecule has 2 rings (SSSR count). The summed E-state index contributed by atoms with van der Waals surface area (Å²) in [5.74, 6) is -0.238. The Morgan fingerprint density at radius 3 is 1.11 bits per heavy atom. The van der Waals surface area contributed by atoms with Gasteiger partial charge in [0.15, 0.2) is 19.7 Å². The number of likely N-dealkylation sites (tertiary alicyclic amines) is 2. The molecule has 2 aliphatic rings. The lowest BCUT2D eigenvalue weighted by atomic mass is 10.1. The number of rotatable bonds is 9. The summed E-state index contributed by atoms with van der Waals surface area (Å²) in [6.07, 6.45) is 7.08. The van der Waals surface area contributed by atoms with Gasteiger partial charge in [-0.15, -0.1) is 0 Å². The molecule has 0 N–H and O–H groups in total. The van der Waals surface area contributed by atoms with Crippen LogP contribution in [0.15, 0.2) is 0 Å². The Morgan fingerprint density at radius 2 is 0.821 bits per heavy atom. The molecule has 2 aliphatic heterocycles. The molecule has 0 spiro atoms. The number of hydrogen-bond donors (Lipinski definition) is 0. The van der Waals surface area contributed by atoms with Crippen LogP contribution < -0.4 is 48.0 Å². The fourth-order valence-electron chi connectivity index (χ4n) is 4.18. The summed E-state index contributed by atoms with van der Waals surface area (Å²) in [6, 6.07) is 0. The molecular weight excluding hydrogens is 626 g/mol. The van der Waals surface area contributed by atoms with Gasteiger partial charge in [0, 0.05) is 0 Å². The molecule has 2 heterocycles. The van der Waals surface area contributed by atoms with Crippen LogP contribution >= 0.6 is 0 Å². The highest BCUT2D eigenvalue weighted by Gasteiger charge is 2.30. The van der Waals surface area contributed by atoms with Crippen LogP contribution in [0.5, 0.6) is 0 Å². The molecule has 2 fully saturated rings. The van der Waals surface area contributed by atoms with Crippen LogP contribution in [-0.4, -0.2) is 102 Å². The van der Waals surface area contributed by atoms with Crippen molar-refractivity contribution in [3.05, 3.63) is 0 Å². The Labute approximate surface area is 206 Å². The molecule has 2 saturated heterocycles. The average Bonchev–Trinajstić information content (AvgIpc) is 2.59. The van der Waals surface area contributed by atoms with Crippen LogP contribution in [0.4, 0.5) is 0 Å². The standard InChI is InChI=1S/C18H38N2O4S2.2HI/c1-19(9-5-3-6-10-19)13-15-25(21,22)17-18-26(23,24)16-14-20(2)11-7-4-8-12-20;;/h3-18H2,1-2H3;2*1H/q+2;;/p-2. The van der Waals surface area contributed by atoms with E-state index in [-0.39, 0.29) is 71.0 Å². The van der Waals surface area contributed by atoms with Gasteiger partial charge in [0.05, 0.1) is 76.4 Å². The summed E-state index contributed by atoms with van der Waals surface area (Å²) in [6.45, 7) is 5.35. The summed E-state index contributed by atoms with van der Waals surface area (Å²) >= 11 is 0. The number of hydrogen-bond acceptors (Lipinski definition) is 4. The molecular formula is C18H38I2N2O4S2. The minimum absolute atomic E-state index is 0. The molecule has 0 aromatic rings. The van der Waals surface area contributed by atoms with Gasteiger partial charge >= 0.3 is 0 Å². The zero-order valence-electron chi connectivity index (χ0n) is 17.4. The second kappa shape index (κ2) is 12.4. The first-order valence-corrected chi connectivity index (χ1v) is 13.8. The van der Waals surface area contributed by atoms with Crippen molar-refractivity contribution < 1.29 is 73.8 Å². The van der Waals surface area contributed by atoms with Crippen LogP contribution in [0.3, 0.4) is 0 Å². The van der Waals surface area contributed by atoms with Gasteiger partial charge in [-0.3, -0.25) is 0 Å². The van der Waals surface area contributed by atoms with Gasteiger partial charge in [-0.25, -0.2) is 16.8 Å². The van der Waals surface area contributed by atoms with E-state index in [1.54, 1.807) is 0 Å². The van der Waals surface area contributed by atoms with E-state index < -0.39 is 19.7 Å². The van der Waals surface area contributed by atoms with Gasteiger partial charge in [-0.2, -0.15) is 0 Å². The van der Waals surface area contributed by atoms with Gasteiger partial charge in [0.2, 0.25) is 0 Å². The van der Waals surface area contributed by atoms with Crippen molar-refractivity contribution in [2.75, 3.05) is 76.4 Å². The Morgan fingerprint density at radius 1 is 0.536 bits per heavy atom. The van der Waals surface area contributed by atoms with E-state index in [0.29, 0.717) is 13.1 Å². The second-order valence-corrected chi connectivity index (χ2v) is 13.6. The van der Waals surface area contributed by atoms with E-state index in [1.165, 1.54) is 12.8 Å². The van der Waals surface area contributed by atoms with Gasteiger partial charge in [0.1, 0.15) is 0 Å². The lowest BCUT2D eigenvalue weighted by Crippen LogP contribution is -3.00. The van der Waals surface area contributed by atoms with Crippen LogP contribution in [0.2, 0.25) is 0 Å². The van der Waals surface area contributed by atoms with Crippen molar-refractivity contribution in [1.82, 2.24) is 0 Å². The van der Waals surface area contributed by atoms with Crippen LogP contribution in [-0.2, 0) is 19.7 Å². The summed E-state index contributed by atoms with van der Waals surface area (Å²) in [5.41, 5.74) is 0. The van der Waals surface area contributed by atoms with Crippen molar-refractivity contribution in [2.24, 2.45) is 0 Å². The molecule has 10 heteroatoms. The van der Waals surface area contributed by atoms with Crippen molar-refractivity contribution in [1.29, 1.82) is 0 Å². The molecule has 0 aliphatic carbocycles. The van der Waals surface area contributed by atoms with Gasteiger partial charge < -0.3 is 56.9 Å². The zero-order valence-corrected chi connectivity index (χ0v) is 23.4. The number of nitrogens with zero attached hydrogens (tertiary/aromatic N) is 2. The fraction of sp³-hybridized carbons (Fsp3) is 1.00. The predicted octanol–water partition coefficient (Wildman–Crippen LogP) is -4.92. The molecule has 0 unspecified atom stereocenters. The van der Waals surface area contributed by atoms with Crippen molar-refractivity contribution in [3.8, 4) is 0 Å². The Kier molecular flexibility index (Phi) is 12.9. The van der Waals surface area contributed by atoms with E-state index >= 15 is 0 Å². The van der Waals surface area contributed by atoms with E-state index in [0.717, 1.165) is 60.8 Å². The molecule has 0 atom stereocenters. The van der Waals surface area contributed by atoms with E-state index in [4.69, 9.17) is 0 Å². The number of sulfone groups is 2. The smallest absolute Gasteiger partial charge is 0.156 e. The maximum absolute atomic E-state index is 12.4. The molecule has 0 radical (unpaired) electrons. The van der Waals surface area contributed by atoms with Crippen molar-refractivity contribution in [2.45, 2.75) is 38.5 Å². The SMILES string of the molecule is C[N+]1(CCS(=O)(=O)CCS(=O)(=O)CC[N+]2(C)CCCCC2)CCCCC1.[I-].[I-]. The molecule has 0 amide bonds. The highest BCUT2D eigenvalue weighted by Crippen LogP contribution is 2.17. The molecule has 0 bridgehead atoms. The summed E-state index contributed by atoms with van der Waals surface area (Å²) in [5, 5.41) is 0. The average molecular weight is 664 g/mol. The van der Waals surface area contributed by atoms with Gasteiger partial charge in [0.25, 0.3) is 0 Å². The minimum Gasteiger partial charge on any atom is -1.00 e. The van der Waals surface area contributed by atoms with Crippen LogP contribution in [0, 0.1) is 0 Å². The minimum atomic E-state index is -3.31. The molecule has 0 saturated carbocycles. The predicted molar refractivity (Wildman–Crippen MR) is 107 cm³/mol. The molecule has 0 aromatic carbocycles. The van der Waals surface area contributed by atoms with Gasteiger partial charge in [-0.1, -0.05) is 0 Å². The number of halogens is 2. The second-order valence-electron chi connectivity index (χ2n) is 9.01. The normalized spacial score (nSPS) is 21.9. The van der Waals surface area contributed by atoms with Crippen molar-refractivity contribution >= 4 is 19.7 Å². The maximum atomic E-state index is 12.4. The van der Waals surface area contributed by atoms with Crippen LogP contribution in [0.1, 0.15) is 38.5 Å². The highest BCUT2D eigenvalue weighted by atomic mass is 127. The molecule has 6 nitrogen and oxygen atoms in total. The maximum Gasteiger partial charge on any atom is 0.156 e. The Bertz CT molecular complexity index is 599. The highest BCUT2D eigenvalue weighted by molar-refractivity contribution is 7.95. The fourth-order valence-corrected chi connectivity index (χ4v) is 8.05. The zero-order chi connectivity index (χ0) is 19.3. The van der Waals surface area contributed by atoms with Crippen molar-refractivity contribution in [3.63, 3.8) is 0 Å². The quantitative estimate of drug-likeness (QED) is 0.183. The number of piperidine rings is 2. The Balaban J connectivity index is 0.00000364. The molecule has 28 heavy (non-hydrogen) atoms. The third-order valence-corrected chi connectivity index (χ3v) is 9.90. The third-order valence-electron chi connectivity index (χ3n) is 6.38. The topological polar surface area (TPSA) is 68.3 Å². The first-order chi connectivity index (χ1) is 12.0. The van der Waals surface area contributed by atoms with Crippen LogP contribution in [0.25, 0.3) is 0 Å². The summed E-state index contributed by atoms with van der Waals surface area (Å²) in [4.78, 5) is 0. The summed E-state index contributed by atoms with van der Waals surface area (Å²) < 4.78 is 51.0. The lowest BCUT2D eigenvalue weighted by molar-refractivity contribution is -0.911. The van der Waals surface area contributed by atoms with Gasteiger partial charge in [-0.05, 0) is 38.5 Å². The largest absolute Gasteiger partial charge is 1.00 e. The monoisotopic (exact) mass is 664 g/mol. The third kappa shape index (κ3) is 10.5. The lowest BCUT2D eigenvalue weighted by Gasteiger charge is -2.37. The molecule has 170 valence electrons. The first kappa shape index (κ1) is 29.3. The number of quaternary nitrogens is 2. The Hall–Kier alpha value is 1.28. The first-order valence-electron chi connectivity index (χ1n) is 10.1. The molecule has 0 aromatic heterocycles. The van der Waals surface area contributed by atoms with E-state index in [1.807, 2.05) is 0 Å². The van der Waals surface area contributed by atoms with E-state index in [2.05, 4.69) is 14.1 Å². The van der Waals surface area contributed by atoms with E-state index in [9.17, 15) is 16.8 Å². The summed E-state index contributed by atoms with van der Waals surface area (Å²) in [7, 11) is -2.38.